The number of likely N-dealkylation sites (tertiary alicyclic amines) is 1. The number of hydrogen-bond donors (Lipinski definition) is 1. The lowest BCUT2D eigenvalue weighted by Gasteiger charge is -2.22. The van der Waals surface area contributed by atoms with Gasteiger partial charge >= 0.3 is 5.97 Å². The van der Waals surface area contributed by atoms with E-state index in [1.165, 1.54) is 10.4 Å². The summed E-state index contributed by atoms with van der Waals surface area (Å²) in [6.45, 7) is 5.93. The van der Waals surface area contributed by atoms with E-state index < -0.39 is 5.97 Å². The van der Waals surface area contributed by atoms with Crippen molar-refractivity contribution >= 4 is 17.3 Å². The lowest BCUT2D eigenvalue weighted by molar-refractivity contribution is -0.142. The molecule has 0 spiro atoms. The number of rotatable bonds is 3. The summed E-state index contributed by atoms with van der Waals surface area (Å²) in [5, 5.41) is 11.2. The second kappa shape index (κ2) is 4.55. The van der Waals surface area contributed by atoms with Gasteiger partial charge in [0.25, 0.3) is 0 Å². The van der Waals surface area contributed by atoms with Crippen molar-refractivity contribution in [3.63, 3.8) is 0 Å². The standard InChI is InChI=1S/C12H17NO2S/c1-8-4-6-16-11(8)7-13-5-3-10(9(13)2)12(14)15/h4,6,9-10H,3,5,7H2,1-2H3,(H,14,15). The number of carbonyl (C=O) groups is 1. The molecule has 0 aliphatic carbocycles. The Labute approximate surface area is 99.7 Å². The summed E-state index contributed by atoms with van der Waals surface area (Å²) in [5.74, 6) is -0.849. The monoisotopic (exact) mass is 239 g/mol. The number of carboxylic acid groups (broad SMARTS) is 1. The fourth-order valence-corrected chi connectivity index (χ4v) is 3.24. The summed E-state index contributed by atoms with van der Waals surface area (Å²) in [7, 11) is 0. The van der Waals surface area contributed by atoms with Crippen LogP contribution in [0.25, 0.3) is 0 Å². The Morgan fingerprint density at radius 3 is 2.94 bits per heavy atom. The van der Waals surface area contributed by atoms with E-state index >= 15 is 0 Å². The van der Waals surface area contributed by atoms with Gasteiger partial charge in [0.15, 0.2) is 0 Å². The molecule has 1 aliphatic heterocycles. The van der Waals surface area contributed by atoms with Crippen LogP contribution in [0.5, 0.6) is 0 Å². The Balaban J connectivity index is 2.03. The zero-order valence-corrected chi connectivity index (χ0v) is 10.5. The van der Waals surface area contributed by atoms with Crippen LogP contribution < -0.4 is 0 Å². The van der Waals surface area contributed by atoms with Crippen LogP contribution in [0.4, 0.5) is 0 Å². The minimum Gasteiger partial charge on any atom is -0.481 e. The molecular formula is C12H17NO2S. The van der Waals surface area contributed by atoms with E-state index in [9.17, 15) is 4.79 Å². The maximum Gasteiger partial charge on any atom is 0.308 e. The van der Waals surface area contributed by atoms with Gasteiger partial charge in [-0.1, -0.05) is 0 Å². The molecule has 2 unspecified atom stereocenters. The van der Waals surface area contributed by atoms with E-state index in [-0.39, 0.29) is 12.0 Å². The predicted octanol–water partition coefficient (Wildman–Crippen LogP) is 2.35. The van der Waals surface area contributed by atoms with E-state index in [2.05, 4.69) is 23.3 Å². The zero-order chi connectivity index (χ0) is 11.7. The molecule has 0 radical (unpaired) electrons. The molecule has 1 saturated heterocycles. The summed E-state index contributed by atoms with van der Waals surface area (Å²) in [6.07, 6.45) is 0.779. The first-order valence-corrected chi connectivity index (χ1v) is 6.47. The highest BCUT2D eigenvalue weighted by molar-refractivity contribution is 7.10. The second-order valence-electron chi connectivity index (χ2n) is 4.47. The van der Waals surface area contributed by atoms with Crippen molar-refractivity contribution in [3.05, 3.63) is 21.9 Å². The lowest BCUT2D eigenvalue weighted by atomic mass is 10.0. The molecular weight excluding hydrogens is 222 g/mol. The van der Waals surface area contributed by atoms with Crippen molar-refractivity contribution in [2.75, 3.05) is 6.54 Å². The Hall–Kier alpha value is -0.870. The smallest absolute Gasteiger partial charge is 0.308 e. The van der Waals surface area contributed by atoms with Crippen LogP contribution >= 0.6 is 11.3 Å². The maximum atomic E-state index is 11.0. The Bertz CT molecular complexity index is 388. The van der Waals surface area contributed by atoms with Crippen LogP contribution in [0.1, 0.15) is 23.8 Å². The van der Waals surface area contributed by atoms with Gasteiger partial charge in [-0.05, 0) is 43.8 Å². The van der Waals surface area contributed by atoms with Crippen LogP contribution in [0, 0.1) is 12.8 Å². The fourth-order valence-electron chi connectivity index (χ4n) is 2.31. The largest absolute Gasteiger partial charge is 0.481 e. The third-order valence-electron chi connectivity index (χ3n) is 3.52. The quantitative estimate of drug-likeness (QED) is 0.880. The van der Waals surface area contributed by atoms with Gasteiger partial charge in [-0.2, -0.15) is 0 Å². The van der Waals surface area contributed by atoms with E-state index in [0.29, 0.717) is 0 Å². The van der Waals surface area contributed by atoms with Gasteiger partial charge in [0.2, 0.25) is 0 Å². The van der Waals surface area contributed by atoms with Crippen LogP contribution in [0.15, 0.2) is 11.4 Å². The lowest BCUT2D eigenvalue weighted by Crippen LogP contribution is -2.32. The van der Waals surface area contributed by atoms with Crippen LogP contribution in [0.3, 0.4) is 0 Å². The average Bonchev–Trinajstić information content (AvgIpc) is 2.76. The van der Waals surface area contributed by atoms with Crippen molar-refractivity contribution in [3.8, 4) is 0 Å². The molecule has 0 aromatic carbocycles. The summed E-state index contributed by atoms with van der Waals surface area (Å²) in [6, 6.07) is 2.27. The van der Waals surface area contributed by atoms with Gasteiger partial charge in [0.1, 0.15) is 0 Å². The van der Waals surface area contributed by atoms with Gasteiger partial charge in [-0.25, -0.2) is 0 Å². The highest BCUT2D eigenvalue weighted by Crippen LogP contribution is 2.28. The minimum absolute atomic E-state index is 0.152. The highest BCUT2D eigenvalue weighted by atomic mass is 32.1. The van der Waals surface area contributed by atoms with E-state index in [1.54, 1.807) is 11.3 Å². The Morgan fingerprint density at radius 1 is 1.69 bits per heavy atom. The first-order chi connectivity index (χ1) is 7.59. The molecule has 3 nitrogen and oxygen atoms in total. The number of thiophene rings is 1. The summed E-state index contributed by atoms with van der Waals surface area (Å²) >= 11 is 1.76. The van der Waals surface area contributed by atoms with Gasteiger partial charge in [0.05, 0.1) is 5.92 Å². The van der Waals surface area contributed by atoms with Gasteiger partial charge in [0, 0.05) is 17.5 Å². The molecule has 2 atom stereocenters. The van der Waals surface area contributed by atoms with Crippen molar-refractivity contribution in [1.82, 2.24) is 4.90 Å². The molecule has 0 saturated carbocycles. The van der Waals surface area contributed by atoms with Gasteiger partial charge in [-0.15, -0.1) is 11.3 Å². The average molecular weight is 239 g/mol. The Morgan fingerprint density at radius 2 is 2.44 bits per heavy atom. The van der Waals surface area contributed by atoms with Crippen LogP contribution in [-0.2, 0) is 11.3 Å². The second-order valence-corrected chi connectivity index (χ2v) is 5.47. The van der Waals surface area contributed by atoms with Crippen molar-refractivity contribution in [2.24, 2.45) is 5.92 Å². The summed E-state index contributed by atoms with van der Waals surface area (Å²) in [4.78, 5) is 14.6. The zero-order valence-electron chi connectivity index (χ0n) is 9.64. The maximum absolute atomic E-state index is 11.0. The topological polar surface area (TPSA) is 40.5 Å². The predicted molar refractivity (Wildman–Crippen MR) is 64.7 cm³/mol. The normalized spacial score (nSPS) is 26.1. The van der Waals surface area contributed by atoms with Gasteiger partial charge in [-0.3, -0.25) is 9.69 Å². The van der Waals surface area contributed by atoms with Gasteiger partial charge < -0.3 is 5.11 Å². The molecule has 1 fully saturated rings. The SMILES string of the molecule is Cc1ccsc1CN1CCC(C(=O)O)C1C. The molecule has 0 bridgehead atoms. The molecule has 1 aliphatic rings. The van der Waals surface area contributed by atoms with Crippen molar-refractivity contribution in [1.29, 1.82) is 0 Å². The third kappa shape index (κ3) is 2.13. The molecule has 88 valence electrons. The number of nitrogens with zero attached hydrogens (tertiary/aromatic N) is 1. The molecule has 1 aromatic rings. The molecule has 1 N–H and O–H groups in total. The fraction of sp³-hybridized carbons (Fsp3) is 0.583. The first kappa shape index (κ1) is 11.6. The number of hydrogen-bond acceptors (Lipinski definition) is 3. The summed E-state index contributed by atoms with van der Waals surface area (Å²) < 4.78 is 0. The van der Waals surface area contributed by atoms with E-state index in [0.717, 1.165) is 19.5 Å². The third-order valence-corrected chi connectivity index (χ3v) is 4.53. The molecule has 16 heavy (non-hydrogen) atoms. The molecule has 2 rings (SSSR count). The first-order valence-electron chi connectivity index (χ1n) is 5.59. The van der Waals surface area contributed by atoms with Crippen molar-refractivity contribution in [2.45, 2.75) is 32.9 Å². The van der Waals surface area contributed by atoms with E-state index in [4.69, 9.17) is 5.11 Å². The van der Waals surface area contributed by atoms with E-state index in [1.807, 2.05) is 6.92 Å². The Kier molecular flexibility index (Phi) is 3.30. The number of aryl methyl sites for hydroxylation is 1. The molecule has 1 aromatic heterocycles. The highest BCUT2D eigenvalue weighted by Gasteiger charge is 2.35. The number of carboxylic acids is 1. The summed E-state index contributed by atoms with van der Waals surface area (Å²) in [5.41, 5.74) is 1.32. The van der Waals surface area contributed by atoms with Crippen LogP contribution in [-0.4, -0.2) is 28.6 Å². The molecule has 2 heterocycles. The number of aliphatic carboxylic acids is 1. The molecule has 0 amide bonds. The molecule has 4 heteroatoms. The minimum atomic E-state index is -0.655. The van der Waals surface area contributed by atoms with Crippen LogP contribution in [0.2, 0.25) is 0 Å². The van der Waals surface area contributed by atoms with Crippen molar-refractivity contribution < 1.29 is 9.90 Å².